The van der Waals surface area contributed by atoms with Crippen molar-refractivity contribution in [3.63, 3.8) is 0 Å². The van der Waals surface area contributed by atoms with Gasteiger partial charge in [-0.25, -0.2) is 0 Å². The molecule has 0 saturated carbocycles. The number of hydrogen-bond donors (Lipinski definition) is 1. The highest BCUT2D eigenvalue weighted by molar-refractivity contribution is 5.44. The van der Waals surface area contributed by atoms with Crippen LogP contribution in [0.3, 0.4) is 0 Å². The summed E-state index contributed by atoms with van der Waals surface area (Å²) in [4.78, 5) is 0. The van der Waals surface area contributed by atoms with E-state index in [1.807, 2.05) is 18.2 Å². The predicted octanol–water partition coefficient (Wildman–Crippen LogP) is 2.87. The minimum atomic E-state index is 0.484. The largest absolute Gasteiger partial charge is 0.493 e. The molecular weight excluding hydrogens is 250 g/mol. The molecule has 2 N–H and O–H groups in total. The zero-order valence-electron chi connectivity index (χ0n) is 11.6. The van der Waals surface area contributed by atoms with Gasteiger partial charge in [-0.2, -0.15) is 0 Å². The van der Waals surface area contributed by atoms with Gasteiger partial charge in [0.15, 0.2) is 11.5 Å². The average molecular weight is 269 g/mol. The Morgan fingerprint density at radius 2 is 2.00 bits per heavy atom. The highest BCUT2D eigenvalue weighted by Crippen LogP contribution is 2.36. The summed E-state index contributed by atoms with van der Waals surface area (Å²) < 4.78 is 11.3. The quantitative estimate of drug-likeness (QED) is 0.907. The van der Waals surface area contributed by atoms with Crippen molar-refractivity contribution in [3.05, 3.63) is 59.2 Å². The van der Waals surface area contributed by atoms with Gasteiger partial charge in [0, 0.05) is 12.5 Å². The van der Waals surface area contributed by atoms with E-state index in [0.717, 1.165) is 23.5 Å². The van der Waals surface area contributed by atoms with Crippen molar-refractivity contribution < 1.29 is 9.47 Å². The minimum absolute atomic E-state index is 0.484. The molecule has 0 bridgehead atoms. The number of benzene rings is 2. The molecule has 3 heteroatoms. The van der Waals surface area contributed by atoms with Crippen molar-refractivity contribution in [3.8, 4) is 11.5 Å². The SMILES string of the molecule is COc1ccc(CN)cc1OCC1Cc2ccccc21. The van der Waals surface area contributed by atoms with Crippen molar-refractivity contribution in [2.45, 2.75) is 18.9 Å². The Morgan fingerprint density at radius 1 is 1.15 bits per heavy atom. The fraction of sp³-hybridized carbons (Fsp3) is 0.294. The Kier molecular flexibility index (Phi) is 3.61. The first kappa shape index (κ1) is 13.0. The lowest BCUT2D eigenvalue weighted by Crippen LogP contribution is -2.23. The molecule has 0 aliphatic heterocycles. The molecule has 3 rings (SSSR count). The Hall–Kier alpha value is -2.00. The monoisotopic (exact) mass is 269 g/mol. The smallest absolute Gasteiger partial charge is 0.161 e. The summed E-state index contributed by atoms with van der Waals surface area (Å²) in [5, 5.41) is 0. The van der Waals surface area contributed by atoms with Crippen LogP contribution >= 0.6 is 0 Å². The maximum atomic E-state index is 5.95. The second-order valence-corrected chi connectivity index (χ2v) is 5.10. The molecule has 0 amide bonds. The van der Waals surface area contributed by atoms with Gasteiger partial charge in [0.25, 0.3) is 0 Å². The van der Waals surface area contributed by atoms with E-state index in [-0.39, 0.29) is 0 Å². The van der Waals surface area contributed by atoms with Gasteiger partial charge in [0.2, 0.25) is 0 Å². The lowest BCUT2D eigenvalue weighted by atomic mass is 9.78. The van der Waals surface area contributed by atoms with Gasteiger partial charge in [0.1, 0.15) is 0 Å². The van der Waals surface area contributed by atoms with Gasteiger partial charge in [-0.05, 0) is 35.2 Å². The summed E-state index contributed by atoms with van der Waals surface area (Å²) >= 11 is 0. The first-order valence-electron chi connectivity index (χ1n) is 6.89. The fourth-order valence-corrected chi connectivity index (χ4v) is 2.66. The van der Waals surface area contributed by atoms with Gasteiger partial charge >= 0.3 is 0 Å². The molecule has 3 nitrogen and oxygen atoms in total. The van der Waals surface area contributed by atoms with Gasteiger partial charge in [-0.3, -0.25) is 0 Å². The molecule has 0 radical (unpaired) electrons. The van der Waals surface area contributed by atoms with Crippen LogP contribution in [0.15, 0.2) is 42.5 Å². The molecule has 2 aromatic rings. The minimum Gasteiger partial charge on any atom is -0.493 e. The Morgan fingerprint density at radius 3 is 2.75 bits per heavy atom. The molecule has 1 aliphatic carbocycles. The number of fused-ring (bicyclic) bond motifs is 1. The van der Waals surface area contributed by atoms with Crippen LogP contribution in [0.5, 0.6) is 11.5 Å². The molecule has 20 heavy (non-hydrogen) atoms. The fourth-order valence-electron chi connectivity index (χ4n) is 2.66. The molecular formula is C17H19NO2. The zero-order valence-corrected chi connectivity index (χ0v) is 11.6. The molecule has 2 aromatic carbocycles. The van der Waals surface area contributed by atoms with E-state index in [1.165, 1.54) is 11.1 Å². The third kappa shape index (κ3) is 2.37. The van der Waals surface area contributed by atoms with E-state index < -0.39 is 0 Å². The Bertz CT molecular complexity index is 610. The zero-order chi connectivity index (χ0) is 13.9. The van der Waals surface area contributed by atoms with Crippen LogP contribution in [-0.2, 0) is 13.0 Å². The number of nitrogens with two attached hydrogens (primary N) is 1. The first-order chi connectivity index (χ1) is 9.81. The lowest BCUT2D eigenvalue weighted by molar-refractivity contribution is 0.260. The van der Waals surface area contributed by atoms with Crippen molar-refractivity contribution in [2.24, 2.45) is 5.73 Å². The van der Waals surface area contributed by atoms with Crippen LogP contribution in [0, 0.1) is 0 Å². The van der Waals surface area contributed by atoms with Crippen LogP contribution in [0.4, 0.5) is 0 Å². The van der Waals surface area contributed by atoms with Crippen LogP contribution in [0.2, 0.25) is 0 Å². The van der Waals surface area contributed by atoms with Gasteiger partial charge in [0.05, 0.1) is 13.7 Å². The van der Waals surface area contributed by atoms with E-state index in [4.69, 9.17) is 15.2 Å². The van der Waals surface area contributed by atoms with Crippen LogP contribution in [0.25, 0.3) is 0 Å². The second-order valence-electron chi connectivity index (χ2n) is 5.10. The second kappa shape index (κ2) is 5.55. The molecule has 1 unspecified atom stereocenters. The summed E-state index contributed by atoms with van der Waals surface area (Å²) in [6, 6.07) is 14.4. The summed E-state index contributed by atoms with van der Waals surface area (Å²) in [5.41, 5.74) is 9.56. The van der Waals surface area contributed by atoms with E-state index >= 15 is 0 Å². The van der Waals surface area contributed by atoms with Gasteiger partial charge in [-0.15, -0.1) is 0 Å². The topological polar surface area (TPSA) is 44.5 Å². The van der Waals surface area contributed by atoms with Crippen LogP contribution < -0.4 is 15.2 Å². The number of ether oxygens (including phenoxy) is 2. The third-order valence-electron chi connectivity index (χ3n) is 3.86. The molecule has 0 spiro atoms. The van der Waals surface area contributed by atoms with E-state index in [2.05, 4.69) is 24.3 Å². The van der Waals surface area contributed by atoms with Crippen molar-refractivity contribution in [1.82, 2.24) is 0 Å². The molecule has 104 valence electrons. The molecule has 1 atom stereocenters. The van der Waals surface area contributed by atoms with Crippen LogP contribution in [0.1, 0.15) is 22.6 Å². The Balaban J connectivity index is 1.70. The number of rotatable bonds is 5. The summed E-state index contributed by atoms with van der Waals surface area (Å²) in [6.45, 7) is 1.19. The van der Waals surface area contributed by atoms with Gasteiger partial charge < -0.3 is 15.2 Å². The molecule has 0 aromatic heterocycles. The van der Waals surface area contributed by atoms with E-state index in [9.17, 15) is 0 Å². The maximum absolute atomic E-state index is 5.95. The Labute approximate surface area is 119 Å². The van der Waals surface area contributed by atoms with Crippen molar-refractivity contribution >= 4 is 0 Å². The van der Waals surface area contributed by atoms with Gasteiger partial charge in [-0.1, -0.05) is 30.3 Å². The maximum Gasteiger partial charge on any atom is 0.161 e. The average Bonchev–Trinajstić information content (AvgIpc) is 2.48. The summed E-state index contributed by atoms with van der Waals surface area (Å²) in [7, 11) is 1.66. The highest BCUT2D eigenvalue weighted by Gasteiger charge is 2.26. The third-order valence-corrected chi connectivity index (χ3v) is 3.86. The van der Waals surface area contributed by atoms with Crippen LogP contribution in [-0.4, -0.2) is 13.7 Å². The van der Waals surface area contributed by atoms with E-state index in [0.29, 0.717) is 19.1 Å². The molecule has 0 heterocycles. The van der Waals surface area contributed by atoms with Crippen molar-refractivity contribution in [1.29, 1.82) is 0 Å². The molecule has 0 saturated heterocycles. The first-order valence-corrected chi connectivity index (χ1v) is 6.89. The van der Waals surface area contributed by atoms with E-state index in [1.54, 1.807) is 7.11 Å². The highest BCUT2D eigenvalue weighted by atomic mass is 16.5. The molecule has 0 fully saturated rings. The summed E-state index contributed by atoms with van der Waals surface area (Å²) in [6.07, 6.45) is 1.09. The summed E-state index contributed by atoms with van der Waals surface area (Å²) in [5.74, 6) is 2.02. The lowest BCUT2D eigenvalue weighted by Gasteiger charge is -2.30. The molecule has 1 aliphatic rings. The number of methoxy groups -OCH3 is 1. The predicted molar refractivity (Wildman–Crippen MR) is 79.3 cm³/mol. The number of hydrogen-bond acceptors (Lipinski definition) is 3. The normalized spacial score (nSPS) is 16.2. The van der Waals surface area contributed by atoms with Crippen molar-refractivity contribution in [2.75, 3.05) is 13.7 Å². The standard InChI is InChI=1S/C17H19NO2/c1-19-16-7-6-12(10-18)8-17(16)20-11-14-9-13-4-2-3-5-15(13)14/h2-8,14H,9-11,18H2,1H3.